The Morgan fingerprint density at radius 3 is 3.00 bits per heavy atom. The monoisotopic (exact) mass is 296 g/mol. The number of para-hydroxylation sites is 1. The third-order valence-corrected chi connectivity index (χ3v) is 3.56. The van der Waals surface area contributed by atoms with Crippen molar-refractivity contribution >= 4 is 29.4 Å². The Bertz CT molecular complexity index is 1070. The molecule has 0 saturated carbocycles. The molecular weight excluding hydrogens is 288 g/mol. The molecule has 1 aliphatic rings. The molecule has 3 aromatic rings. The standard InChI is InChI=1S/C14H8N4O2S/c19-14-12(6-9-7-21-18-17-9)16-13(20-14)11-5-8-3-1-2-4-10(8)15-11/h1-7,16H/b12-6?,13-11+. The Labute approximate surface area is 121 Å². The van der Waals surface area contributed by atoms with Crippen LogP contribution >= 0.6 is 11.5 Å². The van der Waals surface area contributed by atoms with Crippen molar-refractivity contribution in [1.82, 2.24) is 14.6 Å². The van der Waals surface area contributed by atoms with Crippen LogP contribution < -0.4 is 27.1 Å². The number of aromatic amines is 1. The van der Waals surface area contributed by atoms with Crippen LogP contribution in [0.1, 0.15) is 5.69 Å². The minimum absolute atomic E-state index is 0.324. The first kappa shape index (κ1) is 12.0. The molecule has 0 spiro atoms. The highest BCUT2D eigenvalue weighted by Crippen LogP contribution is 1.98. The molecule has 0 aliphatic carbocycles. The van der Waals surface area contributed by atoms with E-state index in [0.29, 0.717) is 22.3 Å². The third kappa shape index (κ3) is 2.13. The average molecular weight is 296 g/mol. The summed E-state index contributed by atoms with van der Waals surface area (Å²) in [7, 11) is 0. The highest BCUT2D eigenvalue weighted by atomic mass is 32.1. The molecule has 6 nitrogen and oxygen atoms in total. The molecule has 0 saturated heterocycles. The van der Waals surface area contributed by atoms with Crippen molar-refractivity contribution in [3.8, 4) is 0 Å². The molecule has 102 valence electrons. The van der Waals surface area contributed by atoms with Crippen LogP contribution in [0.4, 0.5) is 0 Å². The summed E-state index contributed by atoms with van der Waals surface area (Å²) in [5.41, 5.74) is 1.10. The first-order valence-electron chi connectivity index (χ1n) is 6.17. The minimum Gasteiger partial charge on any atom is -0.402 e. The van der Waals surface area contributed by atoms with Crippen molar-refractivity contribution < 1.29 is 4.42 Å². The number of rotatable bonds is 1. The van der Waals surface area contributed by atoms with Gasteiger partial charge < -0.3 is 9.40 Å². The molecule has 3 heterocycles. The quantitative estimate of drug-likeness (QED) is 0.616. The summed E-state index contributed by atoms with van der Waals surface area (Å²) in [4.78, 5) is 19.2. The summed E-state index contributed by atoms with van der Waals surface area (Å²) >= 11 is 1.22. The number of oxazole rings is 1. The van der Waals surface area contributed by atoms with Crippen LogP contribution in [-0.2, 0) is 0 Å². The number of hydrogen-bond donors (Lipinski definition) is 1. The molecule has 7 heteroatoms. The van der Waals surface area contributed by atoms with Crippen LogP contribution in [0.3, 0.4) is 0 Å². The number of benzene rings is 1. The predicted molar refractivity (Wildman–Crippen MR) is 77.2 cm³/mol. The summed E-state index contributed by atoms with van der Waals surface area (Å²) in [5, 5.41) is 7.79. The lowest BCUT2D eigenvalue weighted by atomic mass is 10.3. The van der Waals surface area contributed by atoms with Crippen molar-refractivity contribution in [3.05, 3.63) is 67.2 Å². The van der Waals surface area contributed by atoms with Crippen molar-refractivity contribution in [2.45, 2.75) is 0 Å². The molecule has 0 bridgehead atoms. The number of H-pyrrole nitrogens is 1. The molecule has 2 aromatic heterocycles. The molecule has 1 aliphatic heterocycles. The van der Waals surface area contributed by atoms with E-state index in [9.17, 15) is 4.79 Å². The maximum Gasteiger partial charge on any atom is 0.361 e. The summed E-state index contributed by atoms with van der Waals surface area (Å²) in [6.07, 6.45) is 3.47. The van der Waals surface area contributed by atoms with E-state index in [1.54, 1.807) is 11.5 Å². The fraction of sp³-hybridized carbons (Fsp3) is 0. The average Bonchev–Trinajstić information content (AvgIpc) is 3.19. The SMILES string of the molecule is O=c1o/c(=C2\C=c3ccccc3=N2)[nH]c1=Cc1csnn1. The third-order valence-electron chi connectivity index (χ3n) is 3.03. The molecule has 21 heavy (non-hydrogen) atoms. The number of aromatic nitrogens is 3. The normalized spacial score (nSPS) is 16.5. The van der Waals surface area contributed by atoms with E-state index >= 15 is 0 Å². The summed E-state index contributed by atoms with van der Waals surface area (Å²) in [5.74, 6) is 0. The zero-order valence-corrected chi connectivity index (χ0v) is 11.4. The van der Waals surface area contributed by atoms with Gasteiger partial charge in [-0.2, -0.15) is 0 Å². The Hall–Kier alpha value is -2.80. The summed E-state index contributed by atoms with van der Waals surface area (Å²) < 4.78 is 8.97. The maximum atomic E-state index is 11.9. The fourth-order valence-corrected chi connectivity index (χ4v) is 2.49. The summed E-state index contributed by atoms with van der Waals surface area (Å²) in [6, 6.07) is 7.72. The molecule has 0 atom stereocenters. The van der Waals surface area contributed by atoms with E-state index in [1.807, 2.05) is 30.3 Å². The second-order valence-electron chi connectivity index (χ2n) is 4.43. The fourth-order valence-electron chi connectivity index (χ4n) is 2.08. The number of nitrogens with zero attached hydrogens (tertiary/aromatic N) is 3. The van der Waals surface area contributed by atoms with Gasteiger partial charge in [0.2, 0.25) is 5.55 Å². The molecule has 0 fully saturated rings. The minimum atomic E-state index is -0.454. The van der Waals surface area contributed by atoms with Crippen molar-refractivity contribution in [1.29, 1.82) is 0 Å². The van der Waals surface area contributed by atoms with Crippen LogP contribution in [0.15, 0.2) is 43.8 Å². The molecule has 0 unspecified atom stereocenters. The van der Waals surface area contributed by atoms with Gasteiger partial charge in [-0.1, -0.05) is 22.7 Å². The van der Waals surface area contributed by atoms with E-state index in [1.165, 1.54) is 11.5 Å². The van der Waals surface area contributed by atoms with Gasteiger partial charge in [-0.15, -0.1) is 5.10 Å². The first-order chi connectivity index (χ1) is 10.3. The molecular formula is C14H8N4O2S. The molecule has 1 N–H and O–H groups in total. The van der Waals surface area contributed by atoms with Gasteiger partial charge in [0.1, 0.15) is 16.7 Å². The molecule has 4 rings (SSSR count). The Morgan fingerprint density at radius 2 is 2.19 bits per heavy atom. The maximum absolute atomic E-state index is 11.9. The summed E-state index contributed by atoms with van der Waals surface area (Å²) in [6.45, 7) is 0. The Morgan fingerprint density at radius 1 is 1.29 bits per heavy atom. The van der Waals surface area contributed by atoms with Crippen LogP contribution in [0.5, 0.6) is 0 Å². The molecule has 1 aromatic carbocycles. The Balaban J connectivity index is 1.95. The zero-order chi connectivity index (χ0) is 14.2. The van der Waals surface area contributed by atoms with Crippen LogP contribution in [-0.4, -0.2) is 14.6 Å². The first-order valence-corrected chi connectivity index (χ1v) is 7.01. The van der Waals surface area contributed by atoms with Crippen LogP contribution in [0.2, 0.25) is 0 Å². The van der Waals surface area contributed by atoms with Crippen molar-refractivity contribution in [2.75, 3.05) is 0 Å². The molecule has 0 radical (unpaired) electrons. The second kappa shape index (κ2) is 4.64. The van der Waals surface area contributed by atoms with Gasteiger partial charge in [-0.25, -0.2) is 9.79 Å². The number of fused-ring (bicyclic) bond motifs is 1. The van der Waals surface area contributed by atoms with Gasteiger partial charge in [0, 0.05) is 10.6 Å². The zero-order valence-electron chi connectivity index (χ0n) is 10.6. The Kier molecular flexibility index (Phi) is 2.65. The predicted octanol–water partition coefficient (Wildman–Crippen LogP) is -1.13. The number of nitrogens with one attached hydrogen (secondary N) is 1. The van der Waals surface area contributed by atoms with Gasteiger partial charge >= 0.3 is 5.63 Å². The number of hydrogen-bond acceptors (Lipinski definition) is 6. The van der Waals surface area contributed by atoms with Gasteiger partial charge in [0.25, 0.3) is 0 Å². The lowest BCUT2D eigenvalue weighted by molar-refractivity contribution is 0.484. The van der Waals surface area contributed by atoms with E-state index in [-0.39, 0.29) is 0 Å². The van der Waals surface area contributed by atoms with E-state index < -0.39 is 5.63 Å². The van der Waals surface area contributed by atoms with Gasteiger partial charge in [-0.05, 0) is 29.8 Å². The highest BCUT2D eigenvalue weighted by Gasteiger charge is 2.05. The van der Waals surface area contributed by atoms with E-state index in [2.05, 4.69) is 19.6 Å². The smallest absolute Gasteiger partial charge is 0.361 e. The second-order valence-corrected chi connectivity index (χ2v) is 5.04. The van der Waals surface area contributed by atoms with E-state index in [0.717, 1.165) is 10.6 Å². The van der Waals surface area contributed by atoms with Crippen LogP contribution in [0.25, 0.3) is 17.8 Å². The topological polar surface area (TPSA) is 84.1 Å². The van der Waals surface area contributed by atoms with Gasteiger partial charge in [0.05, 0.1) is 5.36 Å². The van der Waals surface area contributed by atoms with Gasteiger partial charge in [0.15, 0.2) is 0 Å². The lowest BCUT2D eigenvalue weighted by Crippen LogP contribution is -2.21. The van der Waals surface area contributed by atoms with E-state index in [4.69, 9.17) is 4.42 Å². The van der Waals surface area contributed by atoms with Crippen molar-refractivity contribution in [3.63, 3.8) is 0 Å². The van der Waals surface area contributed by atoms with Crippen LogP contribution in [0, 0.1) is 0 Å². The largest absolute Gasteiger partial charge is 0.402 e. The lowest BCUT2D eigenvalue weighted by Gasteiger charge is -1.82. The van der Waals surface area contributed by atoms with Gasteiger partial charge in [-0.3, -0.25) is 0 Å². The molecule has 0 amide bonds. The highest BCUT2D eigenvalue weighted by molar-refractivity contribution is 7.03. The van der Waals surface area contributed by atoms with Crippen molar-refractivity contribution in [2.24, 2.45) is 4.99 Å².